The highest BCUT2D eigenvalue weighted by Gasteiger charge is 2.38. The Balaban J connectivity index is 1.71. The average molecular weight is 443 g/mol. The van der Waals surface area contributed by atoms with Crippen LogP contribution in [0.25, 0.3) is 11.7 Å². The van der Waals surface area contributed by atoms with Gasteiger partial charge in [0.2, 0.25) is 0 Å². The van der Waals surface area contributed by atoms with Crippen molar-refractivity contribution in [2.45, 2.75) is 57.9 Å². The van der Waals surface area contributed by atoms with Gasteiger partial charge < -0.3 is 5.32 Å². The zero-order valence-electron chi connectivity index (χ0n) is 17.1. The second-order valence-corrected chi connectivity index (χ2v) is 9.41. The molecule has 0 bridgehead atoms. The highest BCUT2D eigenvalue weighted by molar-refractivity contribution is 8.26. The molecule has 0 aromatic carbocycles. The summed E-state index contributed by atoms with van der Waals surface area (Å²) in [5, 5.41) is 3.31. The zero-order chi connectivity index (χ0) is 21.1. The fourth-order valence-electron chi connectivity index (χ4n) is 4.04. The molecule has 1 N–H and O–H groups in total. The lowest BCUT2D eigenvalue weighted by molar-refractivity contribution is -0.123. The van der Waals surface area contributed by atoms with Gasteiger partial charge in [-0.3, -0.25) is 18.9 Å². The van der Waals surface area contributed by atoms with Gasteiger partial charge in [-0.05, 0) is 37.5 Å². The van der Waals surface area contributed by atoms with Crippen molar-refractivity contribution in [1.29, 1.82) is 0 Å². The summed E-state index contributed by atoms with van der Waals surface area (Å²) in [6.07, 6.45) is 10.8. The van der Waals surface area contributed by atoms with E-state index < -0.39 is 0 Å². The van der Waals surface area contributed by atoms with Gasteiger partial charge in [-0.25, -0.2) is 4.98 Å². The molecule has 3 heterocycles. The number of aromatic nitrogens is 2. The molecule has 2 aromatic rings. The minimum absolute atomic E-state index is 0.0913. The Morgan fingerprint density at radius 2 is 2.07 bits per heavy atom. The summed E-state index contributed by atoms with van der Waals surface area (Å²) < 4.78 is 2.10. The quantitative estimate of drug-likeness (QED) is 0.388. The Hall–Kier alpha value is -2.19. The highest BCUT2D eigenvalue weighted by atomic mass is 32.2. The first-order chi connectivity index (χ1) is 14.6. The number of unbranched alkanes of at least 4 members (excludes halogenated alkanes) is 2. The molecular weight excluding hydrogens is 416 g/mol. The molecule has 8 heteroatoms. The van der Waals surface area contributed by atoms with Crippen LogP contribution >= 0.6 is 24.0 Å². The van der Waals surface area contributed by atoms with Crippen LogP contribution in [0.3, 0.4) is 0 Å². The number of carbonyl (C=O) groups excluding carboxylic acids is 1. The van der Waals surface area contributed by atoms with E-state index in [2.05, 4.69) is 17.2 Å². The first-order valence-corrected chi connectivity index (χ1v) is 11.8. The van der Waals surface area contributed by atoms with Gasteiger partial charge >= 0.3 is 0 Å². The average Bonchev–Trinajstić information content (AvgIpc) is 3.36. The van der Waals surface area contributed by atoms with Crippen LogP contribution in [-0.2, 0) is 4.79 Å². The van der Waals surface area contributed by atoms with Crippen LogP contribution < -0.4 is 10.9 Å². The molecule has 1 amide bonds. The Labute approximate surface area is 185 Å². The number of nitrogens with one attached hydrogen (secondary N) is 1. The van der Waals surface area contributed by atoms with Gasteiger partial charge in [0.1, 0.15) is 15.8 Å². The van der Waals surface area contributed by atoms with E-state index in [1.807, 2.05) is 12.1 Å². The molecule has 1 aliphatic carbocycles. The third-order valence-electron chi connectivity index (χ3n) is 5.63. The minimum atomic E-state index is -0.190. The van der Waals surface area contributed by atoms with Crippen molar-refractivity contribution in [3.05, 3.63) is 45.2 Å². The van der Waals surface area contributed by atoms with E-state index in [1.54, 1.807) is 23.2 Å². The number of hydrogen-bond acceptors (Lipinski definition) is 6. The van der Waals surface area contributed by atoms with Gasteiger partial charge in [0, 0.05) is 18.8 Å². The van der Waals surface area contributed by atoms with Crippen LogP contribution in [0, 0.1) is 0 Å². The number of hydrogen-bond donors (Lipinski definition) is 1. The number of thioether (sulfide) groups is 1. The largest absolute Gasteiger partial charge is 0.369 e. The minimum Gasteiger partial charge on any atom is -0.369 e. The van der Waals surface area contributed by atoms with E-state index in [0.29, 0.717) is 26.3 Å². The number of anilines is 1. The third kappa shape index (κ3) is 4.16. The monoisotopic (exact) mass is 442 g/mol. The lowest BCUT2D eigenvalue weighted by atomic mass is 10.2. The first kappa shape index (κ1) is 21.1. The van der Waals surface area contributed by atoms with Gasteiger partial charge in [-0.15, -0.1) is 0 Å². The molecule has 2 fully saturated rings. The molecule has 4 rings (SSSR count). The van der Waals surface area contributed by atoms with Gasteiger partial charge in [0.25, 0.3) is 11.5 Å². The lowest BCUT2D eigenvalue weighted by Crippen LogP contribution is -2.36. The highest BCUT2D eigenvalue weighted by Crippen LogP contribution is 2.38. The topological polar surface area (TPSA) is 66.7 Å². The number of thiocarbonyl (C=S) groups is 1. The molecule has 0 atom stereocenters. The van der Waals surface area contributed by atoms with Crippen molar-refractivity contribution in [1.82, 2.24) is 14.3 Å². The molecule has 30 heavy (non-hydrogen) atoms. The van der Waals surface area contributed by atoms with E-state index in [9.17, 15) is 9.59 Å². The summed E-state index contributed by atoms with van der Waals surface area (Å²) in [6.45, 7) is 2.88. The van der Waals surface area contributed by atoms with Crippen molar-refractivity contribution in [3.63, 3.8) is 0 Å². The van der Waals surface area contributed by atoms with E-state index in [-0.39, 0.29) is 17.5 Å². The number of amides is 1. The second-order valence-electron chi connectivity index (χ2n) is 7.73. The zero-order valence-corrected chi connectivity index (χ0v) is 18.7. The van der Waals surface area contributed by atoms with Crippen molar-refractivity contribution >= 4 is 51.7 Å². The second kappa shape index (κ2) is 9.31. The summed E-state index contributed by atoms with van der Waals surface area (Å²) in [7, 11) is 0. The van der Waals surface area contributed by atoms with Crippen LogP contribution in [0.2, 0.25) is 0 Å². The summed E-state index contributed by atoms with van der Waals surface area (Å²) in [5.74, 6) is 0.430. The molecule has 0 radical (unpaired) electrons. The van der Waals surface area contributed by atoms with Gasteiger partial charge in [0.05, 0.1) is 10.5 Å². The third-order valence-corrected chi connectivity index (χ3v) is 6.96. The van der Waals surface area contributed by atoms with Gasteiger partial charge in [0.15, 0.2) is 0 Å². The summed E-state index contributed by atoms with van der Waals surface area (Å²) in [5.41, 5.74) is 0.794. The van der Waals surface area contributed by atoms with Crippen LogP contribution in [0.1, 0.15) is 57.4 Å². The first-order valence-electron chi connectivity index (χ1n) is 10.6. The van der Waals surface area contributed by atoms with E-state index in [1.165, 1.54) is 16.2 Å². The van der Waals surface area contributed by atoms with Crippen molar-refractivity contribution < 1.29 is 4.79 Å². The molecule has 1 aliphatic heterocycles. The molecule has 2 aliphatic rings. The molecule has 2 aromatic heterocycles. The Morgan fingerprint density at radius 1 is 1.27 bits per heavy atom. The van der Waals surface area contributed by atoms with Crippen molar-refractivity contribution in [2.24, 2.45) is 0 Å². The molecule has 158 valence electrons. The maximum Gasteiger partial charge on any atom is 0.267 e. The van der Waals surface area contributed by atoms with E-state index >= 15 is 0 Å². The molecular formula is C22H26N4O2S2. The van der Waals surface area contributed by atoms with Crippen LogP contribution in [0.5, 0.6) is 0 Å². The Kier molecular flexibility index (Phi) is 6.53. The summed E-state index contributed by atoms with van der Waals surface area (Å²) in [4.78, 5) is 33.2. The molecule has 0 unspecified atom stereocenters. The lowest BCUT2D eigenvalue weighted by Gasteiger charge is -2.21. The maximum atomic E-state index is 13.2. The fraction of sp³-hybridized carbons (Fsp3) is 0.455. The molecule has 1 saturated heterocycles. The summed E-state index contributed by atoms with van der Waals surface area (Å²) in [6, 6.07) is 5.65. The number of rotatable bonds is 7. The SMILES string of the molecule is CCCCCNc1nc2ccccn2c(=O)c1/C=C1/SC(=S)N(C2CCCC2)C1=O. The van der Waals surface area contributed by atoms with Crippen LogP contribution in [0.4, 0.5) is 5.82 Å². The van der Waals surface area contributed by atoms with Crippen molar-refractivity contribution in [2.75, 3.05) is 11.9 Å². The van der Waals surface area contributed by atoms with E-state index in [0.717, 1.165) is 51.5 Å². The Morgan fingerprint density at radius 3 is 2.83 bits per heavy atom. The number of nitrogens with zero attached hydrogens (tertiary/aromatic N) is 3. The van der Waals surface area contributed by atoms with Gasteiger partial charge in [-0.1, -0.05) is 62.7 Å². The van der Waals surface area contributed by atoms with Crippen molar-refractivity contribution in [3.8, 4) is 0 Å². The van der Waals surface area contributed by atoms with Crippen LogP contribution in [0.15, 0.2) is 34.1 Å². The maximum absolute atomic E-state index is 13.2. The molecule has 1 saturated carbocycles. The predicted octanol–water partition coefficient (Wildman–Crippen LogP) is 4.44. The molecule has 0 spiro atoms. The standard InChI is InChI=1S/C22H26N4O2S2/c1-2-3-7-12-23-19-16(20(27)25-13-8-6-11-18(25)24-19)14-17-21(28)26(22(29)30-17)15-9-4-5-10-15/h6,8,11,13-15,23H,2-5,7,9-10,12H2,1H3/b17-14+. The predicted molar refractivity (Wildman–Crippen MR) is 127 cm³/mol. The smallest absolute Gasteiger partial charge is 0.267 e. The van der Waals surface area contributed by atoms with E-state index in [4.69, 9.17) is 12.2 Å². The number of carbonyl (C=O) groups is 1. The van der Waals surface area contributed by atoms with Crippen LogP contribution in [-0.4, -0.2) is 37.1 Å². The normalized spacial score (nSPS) is 18.8. The molecule has 6 nitrogen and oxygen atoms in total. The number of pyridine rings is 1. The fourth-order valence-corrected chi connectivity index (χ4v) is 5.42. The van der Waals surface area contributed by atoms with Gasteiger partial charge in [-0.2, -0.15) is 0 Å². The summed E-state index contributed by atoms with van der Waals surface area (Å²) >= 11 is 6.79. The number of fused-ring (bicyclic) bond motifs is 1. The Bertz CT molecular complexity index is 1060.